The number of carbonyl (C=O) groups is 1. The van der Waals surface area contributed by atoms with Gasteiger partial charge in [-0.3, -0.25) is 4.79 Å². The Morgan fingerprint density at radius 1 is 1.18 bits per heavy atom. The van der Waals surface area contributed by atoms with Crippen LogP contribution in [0.2, 0.25) is 0 Å². The van der Waals surface area contributed by atoms with E-state index in [1.807, 2.05) is 54.6 Å². The summed E-state index contributed by atoms with van der Waals surface area (Å²) in [5.41, 5.74) is 4.43. The van der Waals surface area contributed by atoms with Gasteiger partial charge >= 0.3 is 0 Å². The van der Waals surface area contributed by atoms with Gasteiger partial charge in [0.25, 0.3) is 5.91 Å². The van der Waals surface area contributed by atoms with Crippen LogP contribution in [0.5, 0.6) is 5.75 Å². The molecule has 0 aliphatic carbocycles. The second-order valence-corrected chi connectivity index (χ2v) is 7.94. The minimum absolute atomic E-state index is 0.194. The molecule has 6 nitrogen and oxygen atoms in total. The van der Waals surface area contributed by atoms with Gasteiger partial charge in [-0.2, -0.15) is 5.10 Å². The molecule has 0 radical (unpaired) electrons. The lowest BCUT2D eigenvalue weighted by molar-refractivity contribution is -0.118. The lowest BCUT2D eigenvalue weighted by Gasteiger charge is -2.03. The summed E-state index contributed by atoms with van der Waals surface area (Å²) in [6.45, 7) is 2.76. The smallest absolute Gasteiger partial charge is 0.250 e. The molecule has 2 aromatic carbocycles. The summed E-state index contributed by atoms with van der Waals surface area (Å²) in [6, 6.07) is 17.4. The lowest BCUT2D eigenvalue weighted by atomic mass is 10.2. The normalized spacial score (nSPS) is 10.9. The average Bonchev–Trinajstić information content (AvgIpc) is 3.21. The van der Waals surface area contributed by atoms with E-state index >= 15 is 0 Å². The molecule has 144 valence electrons. The van der Waals surface area contributed by atoms with E-state index in [4.69, 9.17) is 4.74 Å². The van der Waals surface area contributed by atoms with Gasteiger partial charge < -0.3 is 4.74 Å². The molecule has 3 aromatic rings. The minimum Gasteiger partial charge on any atom is -0.494 e. The molecular weight excluding hydrogens is 392 g/mol. The quantitative estimate of drug-likeness (QED) is 0.323. The van der Waals surface area contributed by atoms with Crippen LogP contribution in [0.15, 0.2) is 64.0 Å². The van der Waals surface area contributed by atoms with Crippen molar-refractivity contribution in [3.8, 4) is 16.3 Å². The van der Waals surface area contributed by atoms with Crippen LogP contribution in [0.4, 0.5) is 0 Å². The number of hydrogen-bond acceptors (Lipinski definition) is 7. The van der Waals surface area contributed by atoms with Crippen molar-refractivity contribution in [2.45, 2.75) is 17.7 Å². The number of benzene rings is 2. The Morgan fingerprint density at radius 2 is 1.96 bits per heavy atom. The van der Waals surface area contributed by atoms with E-state index < -0.39 is 0 Å². The molecule has 0 saturated carbocycles. The highest BCUT2D eigenvalue weighted by Gasteiger charge is 2.09. The Morgan fingerprint density at radius 3 is 2.71 bits per heavy atom. The average molecular weight is 413 g/mol. The van der Waals surface area contributed by atoms with Gasteiger partial charge in [0.15, 0.2) is 4.34 Å². The third-order valence-electron chi connectivity index (χ3n) is 3.51. The molecular formula is C20H20N4O2S2. The number of nitrogens with one attached hydrogen (secondary N) is 1. The Hall–Kier alpha value is -2.71. The fraction of sp³-hybridized carbons (Fsp3) is 0.200. The zero-order valence-electron chi connectivity index (χ0n) is 15.4. The van der Waals surface area contributed by atoms with E-state index in [1.54, 1.807) is 6.21 Å². The molecule has 0 fully saturated rings. The van der Waals surface area contributed by atoms with Gasteiger partial charge in [-0.05, 0) is 36.2 Å². The minimum atomic E-state index is -0.194. The van der Waals surface area contributed by atoms with Crippen LogP contribution in [0.3, 0.4) is 0 Å². The fourth-order valence-corrected chi connectivity index (χ4v) is 3.82. The van der Waals surface area contributed by atoms with E-state index in [2.05, 4.69) is 27.6 Å². The highest BCUT2D eigenvalue weighted by Crippen LogP contribution is 2.28. The third kappa shape index (κ3) is 6.17. The molecule has 0 aliphatic rings. The second-order valence-electron chi connectivity index (χ2n) is 5.74. The van der Waals surface area contributed by atoms with E-state index in [0.717, 1.165) is 32.6 Å². The van der Waals surface area contributed by atoms with E-state index in [1.165, 1.54) is 23.1 Å². The van der Waals surface area contributed by atoms with Crippen LogP contribution in [-0.2, 0) is 4.79 Å². The fourth-order valence-electron chi connectivity index (χ4n) is 2.17. The number of carbonyl (C=O) groups excluding carboxylic acids is 1. The Labute approximate surface area is 172 Å². The number of nitrogens with zero attached hydrogens (tertiary/aromatic N) is 3. The number of hydrazone groups is 1. The van der Waals surface area contributed by atoms with Crippen LogP contribution in [0.25, 0.3) is 10.6 Å². The molecule has 0 unspecified atom stereocenters. The topological polar surface area (TPSA) is 76.5 Å². The standard InChI is InChI=1S/C20H20N4O2S2/c1-2-12-26-17-10-8-15(9-11-17)13-21-22-18(25)14-27-20-24-23-19(28-20)16-6-4-3-5-7-16/h3-11,13H,2,12,14H2,1H3,(H,22,25). The molecule has 8 heteroatoms. The van der Waals surface area contributed by atoms with Gasteiger partial charge in [0, 0.05) is 5.56 Å². The Bertz CT molecular complexity index is 911. The van der Waals surface area contributed by atoms with Crippen molar-refractivity contribution < 1.29 is 9.53 Å². The summed E-state index contributed by atoms with van der Waals surface area (Å²) in [6.07, 6.45) is 2.57. The van der Waals surface area contributed by atoms with Gasteiger partial charge in [0.2, 0.25) is 0 Å². The van der Waals surface area contributed by atoms with Gasteiger partial charge in [0.1, 0.15) is 10.8 Å². The molecule has 0 atom stereocenters. The molecule has 1 N–H and O–H groups in total. The van der Waals surface area contributed by atoms with Crippen LogP contribution < -0.4 is 10.2 Å². The number of rotatable bonds is 9. The summed E-state index contributed by atoms with van der Waals surface area (Å²) >= 11 is 2.81. The molecule has 1 heterocycles. The zero-order valence-corrected chi connectivity index (χ0v) is 17.0. The summed E-state index contributed by atoms with van der Waals surface area (Å²) < 4.78 is 6.28. The van der Waals surface area contributed by atoms with Crippen molar-refractivity contribution in [2.24, 2.45) is 5.10 Å². The molecule has 0 spiro atoms. The molecule has 1 amide bonds. The first kappa shape index (κ1) is 20.0. The molecule has 0 saturated heterocycles. The van der Waals surface area contributed by atoms with Gasteiger partial charge in [-0.25, -0.2) is 5.43 Å². The highest BCUT2D eigenvalue weighted by molar-refractivity contribution is 8.01. The maximum Gasteiger partial charge on any atom is 0.250 e. The maximum atomic E-state index is 11.9. The van der Waals surface area contributed by atoms with Crippen molar-refractivity contribution >= 4 is 35.2 Å². The van der Waals surface area contributed by atoms with E-state index in [-0.39, 0.29) is 11.7 Å². The van der Waals surface area contributed by atoms with E-state index in [9.17, 15) is 4.79 Å². The second kappa shape index (κ2) is 10.6. The molecule has 0 bridgehead atoms. The molecule has 0 aliphatic heterocycles. The van der Waals surface area contributed by atoms with Crippen molar-refractivity contribution in [1.29, 1.82) is 0 Å². The van der Waals surface area contributed by atoms with Crippen LogP contribution in [0, 0.1) is 0 Å². The van der Waals surface area contributed by atoms with Gasteiger partial charge in [-0.1, -0.05) is 60.4 Å². The number of aromatic nitrogens is 2. The van der Waals surface area contributed by atoms with Crippen LogP contribution >= 0.6 is 23.1 Å². The van der Waals surface area contributed by atoms with Crippen molar-refractivity contribution in [2.75, 3.05) is 12.4 Å². The molecule has 28 heavy (non-hydrogen) atoms. The van der Waals surface area contributed by atoms with Gasteiger partial charge in [0.05, 0.1) is 18.6 Å². The summed E-state index contributed by atoms with van der Waals surface area (Å²) in [5, 5.41) is 13.1. The van der Waals surface area contributed by atoms with Crippen molar-refractivity contribution in [1.82, 2.24) is 15.6 Å². The number of amides is 1. The highest BCUT2D eigenvalue weighted by atomic mass is 32.2. The lowest BCUT2D eigenvalue weighted by Crippen LogP contribution is -2.19. The van der Waals surface area contributed by atoms with Crippen LogP contribution in [0.1, 0.15) is 18.9 Å². The first-order valence-electron chi connectivity index (χ1n) is 8.81. The van der Waals surface area contributed by atoms with Crippen molar-refractivity contribution in [3.63, 3.8) is 0 Å². The largest absolute Gasteiger partial charge is 0.494 e. The number of thioether (sulfide) groups is 1. The van der Waals surface area contributed by atoms with Crippen molar-refractivity contribution in [3.05, 3.63) is 60.2 Å². The predicted molar refractivity (Wildman–Crippen MR) is 114 cm³/mol. The van der Waals surface area contributed by atoms with Gasteiger partial charge in [-0.15, -0.1) is 10.2 Å². The first-order chi connectivity index (χ1) is 13.7. The summed E-state index contributed by atoms with van der Waals surface area (Å²) in [5.74, 6) is 0.858. The Kier molecular flexibility index (Phi) is 7.57. The Balaban J connectivity index is 1.43. The maximum absolute atomic E-state index is 11.9. The zero-order chi connectivity index (χ0) is 19.6. The predicted octanol–water partition coefficient (Wildman–Crippen LogP) is 4.24. The number of hydrogen-bond donors (Lipinski definition) is 1. The van der Waals surface area contributed by atoms with Crippen LogP contribution in [-0.4, -0.2) is 34.7 Å². The SMILES string of the molecule is CCCOc1ccc(C=NNC(=O)CSc2nnc(-c3ccccc3)s2)cc1. The van der Waals surface area contributed by atoms with E-state index in [0.29, 0.717) is 6.61 Å². The first-order valence-corrected chi connectivity index (χ1v) is 10.6. The number of ether oxygens (including phenoxy) is 1. The molecule has 3 rings (SSSR count). The summed E-state index contributed by atoms with van der Waals surface area (Å²) in [4.78, 5) is 11.9. The monoisotopic (exact) mass is 412 g/mol. The third-order valence-corrected chi connectivity index (χ3v) is 5.62. The summed E-state index contributed by atoms with van der Waals surface area (Å²) in [7, 11) is 0. The molecule has 1 aromatic heterocycles.